The highest BCUT2D eigenvalue weighted by Crippen LogP contribution is 2.40. The number of aliphatic carboxylic acids is 1. The van der Waals surface area contributed by atoms with Crippen LogP contribution in [-0.4, -0.2) is 42.1 Å². The summed E-state index contributed by atoms with van der Waals surface area (Å²) in [5, 5.41) is 9.17. The molecule has 2 rings (SSSR count). The molecule has 2 atom stereocenters. The second-order valence-electron chi connectivity index (χ2n) is 5.28. The van der Waals surface area contributed by atoms with Crippen molar-refractivity contribution < 1.29 is 23.8 Å². The maximum Gasteiger partial charge on any atom is 0.307 e. The van der Waals surface area contributed by atoms with Crippen LogP contribution in [0.4, 0.5) is 4.39 Å². The monoisotopic (exact) mass is 329 g/mol. The number of rotatable bonds is 7. The fourth-order valence-corrected chi connectivity index (χ4v) is 2.53. The van der Waals surface area contributed by atoms with E-state index < -0.39 is 23.6 Å². The molecule has 0 aliphatic heterocycles. The van der Waals surface area contributed by atoms with Gasteiger partial charge in [0.15, 0.2) is 0 Å². The molecule has 0 saturated heterocycles. The molecule has 1 amide bonds. The highest BCUT2D eigenvalue weighted by Gasteiger charge is 2.49. The van der Waals surface area contributed by atoms with Crippen LogP contribution in [0, 0.1) is 17.7 Å². The molecule has 1 aromatic rings. The third kappa shape index (κ3) is 3.96. The zero-order valence-electron chi connectivity index (χ0n) is 12.1. The summed E-state index contributed by atoms with van der Waals surface area (Å²) in [6, 6.07) is 3.98. The van der Waals surface area contributed by atoms with Crippen LogP contribution in [0.15, 0.2) is 18.2 Å². The maximum atomic E-state index is 13.1. The largest absolute Gasteiger partial charge is 0.481 e. The van der Waals surface area contributed by atoms with Gasteiger partial charge in [-0.3, -0.25) is 9.59 Å². The predicted octanol–water partition coefficient (Wildman–Crippen LogP) is 2.17. The first kappa shape index (κ1) is 16.7. The Hall–Kier alpha value is -1.66. The van der Waals surface area contributed by atoms with Crippen molar-refractivity contribution in [2.75, 3.05) is 20.3 Å². The molecular weight excluding hydrogens is 313 g/mol. The van der Waals surface area contributed by atoms with Gasteiger partial charge in [0.05, 0.1) is 18.4 Å². The van der Waals surface area contributed by atoms with Crippen LogP contribution >= 0.6 is 11.6 Å². The first-order valence-electron chi connectivity index (χ1n) is 6.88. The molecule has 1 N–H and O–H groups in total. The summed E-state index contributed by atoms with van der Waals surface area (Å²) in [6.07, 6.45) is 0.356. The van der Waals surface area contributed by atoms with Crippen molar-refractivity contribution in [2.45, 2.75) is 13.0 Å². The minimum Gasteiger partial charge on any atom is -0.481 e. The average molecular weight is 330 g/mol. The number of carboxylic acid groups (broad SMARTS) is 1. The van der Waals surface area contributed by atoms with Gasteiger partial charge in [-0.1, -0.05) is 17.7 Å². The topological polar surface area (TPSA) is 66.8 Å². The number of amides is 1. The normalized spacial score (nSPS) is 19.8. The van der Waals surface area contributed by atoms with Crippen LogP contribution in [0.5, 0.6) is 0 Å². The lowest BCUT2D eigenvalue weighted by Gasteiger charge is -2.23. The van der Waals surface area contributed by atoms with Gasteiger partial charge in [0.1, 0.15) is 5.82 Å². The van der Waals surface area contributed by atoms with E-state index in [1.165, 1.54) is 30.2 Å². The van der Waals surface area contributed by atoms with Gasteiger partial charge in [0, 0.05) is 25.2 Å². The van der Waals surface area contributed by atoms with Crippen LogP contribution in [0.1, 0.15) is 12.0 Å². The lowest BCUT2D eigenvalue weighted by molar-refractivity contribution is -0.142. The van der Waals surface area contributed by atoms with Crippen LogP contribution in [0.3, 0.4) is 0 Å². The van der Waals surface area contributed by atoms with E-state index in [4.69, 9.17) is 21.4 Å². The molecule has 0 bridgehead atoms. The first-order chi connectivity index (χ1) is 10.4. The Morgan fingerprint density at radius 2 is 2.18 bits per heavy atom. The van der Waals surface area contributed by atoms with E-state index in [2.05, 4.69) is 0 Å². The van der Waals surface area contributed by atoms with Crippen molar-refractivity contribution >= 4 is 23.5 Å². The average Bonchev–Trinajstić information content (AvgIpc) is 3.25. The van der Waals surface area contributed by atoms with Crippen molar-refractivity contribution in [3.8, 4) is 0 Å². The third-order valence-corrected chi connectivity index (χ3v) is 4.03. The van der Waals surface area contributed by atoms with Crippen molar-refractivity contribution in [1.29, 1.82) is 0 Å². The second-order valence-corrected chi connectivity index (χ2v) is 5.68. The lowest BCUT2D eigenvalue weighted by Crippen LogP contribution is -2.35. The molecule has 0 spiro atoms. The van der Waals surface area contributed by atoms with Gasteiger partial charge in [-0.25, -0.2) is 4.39 Å². The number of hydrogen-bond acceptors (Lipinski definition) is 3. The fourth-order valence-electron chi connectivity index (χ4n) is 2.30. The zero-order valence-corrected chi connectivity index (χ0v) is 12.8. The molecule has 22 heavy (non-hydrogen) atoms. The fraction of sp³-hybridized carbons (Fsp3) is 0.467. The number of carboxylic acids is 1. The highest BCUT2D eigenvalue weighted by atomic mass is 35.5. The Kier molecular flexibility index (Phi) is 5.37. The summed E-state index contributed by atoms with van der Waals surface area (Å²) < 4.78 is 18.1. The molecule has 1 aromatic carbocycles. The summed E-state index contributed by atoms with van der Waals surface area (Å²) in [7, 11) is 1.52. The van der Waals surface area contributed by atoms with Crippen molar-refractivity contribution in [1.82, 2.24) is 4.90 Å². The SMILES string of the molecule is COCCN(Cc1ccc(F)cc1Cl)C(=O)C1CC1C(=O)O. The minimum absolute atomic E-state index is 0.199. The Labute approximate surface area is 132 Å². The van der Waals surface area contributed by atoms with E-state index in [-0.39, 0.29) is 17.5 Å². The summed E-state index contributed by atoms with van der Waals surface area (Å²) in [5.74, 6) is -2.74. The molecule has 0 aromatic heterocycles. The summed E-state index contributed by atoms with van der Waals surface area (Å²) in [4.78, 5) is 24.8. The number of hydrogen-bond donors (Lipinski definition) is 1. The van der Waals surface area contributed by atoms with E-state index in [1.807, 2.05) is 0 Å². The predicted molar refractivity (Wildman–Crippen MR) is 77.9 cm³/mol. The maximum absolute atomic E-state index is 13.1. The molecule has 0 radical (unpaired) electrons. The summed E-state index contributed by atoms with van der Waals surface area (Å²) in [5.41, 5.74) is 0.611. The summed E-state index contributed by atoms with van der Waals surface area (Å²) in [6.45, 7) is 0.852. The van der Waals surface area contributed by atoms with Crippen LogP contribution in [-0.2, 0) is 20.9 Å². The molecule has 2 unspecified atom stereocenters. The van der Waals surface area contributed by atoms with Gasteiger partial charge in [-0.2, -0.15) is 0 Å². The number of benzene rings is 1. The summed E-state index contributed by atoms with van der Waals surface area (Å²) >= 11 is 5.98. The number of nitrogens with zero attached hydrogens (tertiary/aromatic N) is 1. The lowest BCUT2D eigenvalue weighted by atomic mass is 10.2. The molecule has 0 heterocycles. The highest BCUT2D eigenvalue weighted by molar-refractivity contribution is 6.31. The number of carbonyl (C=O) groups is 2. The van der Waals surface area contributed by atoms with Gasteiger partial charge in [-0.15, -0.1) is 0 Å². The molecule has 1 aliphatic carbocycles. The van der Waals surface area contributed by atoms with Gasteiger partial charge >= 0.3 is 5.97 Å². The second kappa shape index (κ2) is 7.07. The molecule has 120 valence electrons. The molecule has 7 heteroatoms. The Balaban J connectivity index is 2.09. The minimum atomic E-state index is -0.954. The van der Waals surface area contributed by atoms with E-state index in [0.29, 0.717) is 25.1 Å². The van der Waals surface area contributed by atoms with Gasteiger partial charge in [-0.05, 0) is 24.1 Å². The van der Waals surface area contributed by atoms with E-state index >= 15 is 0 Å². The number of ether oxygens (including phenoxy) is 1. The molecule has 1 saturated carbocycles. The van der Waals surface area contributed by atoms with Crippen LogP contribution < -0.4 is 0 Å². The smallest absolute Gasteiger partial charge is 0.307 e. The van der Waals surface area contributed by atoms with Gasteiger partial charge < -0.3 is 14.7 Å². The Bertz CT molecular complexity index is 581. The zero-order chi connectivity index (χ0) is 16.3. The molecular formula is C15H17ClFNO4. The van der Waals surface area contributed by atoms with Crippen molar-refractivity contribution in [3.63, 3.8) is 0 Å². The number of halogens is 2. The molecule has 5 nitrogen and oxygen atoms in total. The third-order valence-electron chi connectivity index (χ3n) is 3.68. The Morgan fingerprint density at radius 3 is 2.73 bits per heavy atom. The van der Waals surface area contributed by atoms with E-state index in [1.54, 1.807) is 0 Å². The van der Waals surface area contributed by atoms with Crippen molar-refractivity contribution in [2.24, 2.45) is 11.8 Å². The molecule has 1 fully saturated rings. The first-order valence-corrected chi connectivity index (χ1v) is 7.26. The van der Waals surface area contributed by atoms with E-state index in [0.717, 1.165) is 0 Å². The van der Waals surface area contributed by atoms with Crippen molar-refractivity contribution in [3.05, 3.63) is 34.6 Å². The number of methoxy groups -OCH3 is 1. The standard InChI is InChI=1S/C15H17ClFNO4/c1-22-5-4-18(14(19)11-7-12(11)15(20)21)8-9-2-3-10(17)6-13(9)16/h2-3,6,11-12H,4-5,7-8H2,1H3,(H,20,21). The van der Waals surface area contributed by atoms with Gasteiger partial charge in [0.25, 0.3) is 0 Å². The van der Waals surface area contributed by atoms with Gasteiger partial charge in [0.2, 0.25) is 5.91 Å². The quantitative estimate of drug-likeness (QED) is 0.832. The number of carbonyl (C=O) groups excluding carboxylic acids is 1. The van der Waals surface area contributed by atoms with Crippen LogP contribution in [0.2, 0.25) is 5.02 Å². The van der Waals surface area contributed by atoms with E-state index in [9.17, 15) is 14.0 Å². The van der Waals surface area contributed by atoms with Crippen LogP contribution in [0.25, 0.3) is 0 Å². The molecule has 1 aliphatic rings. The Morgan fingerprint density at radius 1 is 1.45 bits per heavy atom.